The normalized spacial score (nSPS) is 9.93. The van der Waals surface area contributed by atoms with Crippen molar-refractivity contribution in [1.29, 1.82) is 0 Å². The molecule has 2 heteroatoms. The Balaban J connectivity index is 0. The summed E-state index contributed by atoms with van der Waals surface area (Å²) in [7, 11) is 0. The summed E-state index contributed by atoms with van der Waals surface area (Å²) < 4.78 is 0. The van der Waals surface area contributed by atoms with E-state index in [1.54, 1.807) is 6.08 Å². The number of aldehydes is 1. The first-order valence-corrected chi connectivity index (χ1v) is 5.02. The molecule has 0 radical (unpaired) electrons. The van der Waals surface area contributed by atoms with Gasteiger partial charge in [0.25, 0.3) is 0 Å². The predicted molar refractivity (Wildman–Crippen MR) is 63.2 cm³/mol. The number of hydrogen-bond acceptors (Lipinski definition) is 2. The number of carbonyl (C=O) groups is 1. The maximum Gasteiger partial charge on any atom is 0.142 e. The van der Waals surface area contributed by atoms with Crippen molar-refractivity contribution in [2.24, 2.45) is 5.73 Å². The highest BCUT2D eigenvalue weighted by Gasteiger charge is 1.86. The minimum absolute atomic E-state index is 0.750. The van der Waals surface area contributed by atoms with Gasteiger partial charge in [-0.1, -0.05) is 24.1 Å². The fourth-order valence-corrected chi connectivity index (χ4v) is 0.788. The van der Waals surface area contributed by atoms with Gasteiger partial charge in [0.2, 0.25) is 0 Å². The molecule has 0 heterocycles. The minimum atomic E-state index is 0.750. The van der Waals surface area contributed by atoms with Crippen molar-refractivity contribution in [2.75, 3.05) is 6.54 Å². The van der Waals surface area contributed by atoms with Gasteiger partial charge in [-0.05, 0) is 46.2 Å². The molecule has 2 nitrogen and oxygen atoms in total. The molecule has 0 aliphatic heterocycles. The van der Waals surface area contributed by atoms with Crippen LogP contribution in [0.1, 0.15) is 40.5 Å². The lowest BCUT2D eigenvalue weighted by molar-refractivity contribution is -0.104. The van der Waals surface area contributed by atoms with E-state index in [0.717, 1.165) is 31.2 Å². The van der Waals surface area contributed by atoms with Crippen molar-refractivity contribution >= 4 is 6.29 Å². The first-order valence-electron chi connectivity index (χ1n) is 5.02. The third-order valence-corrected chi connectivity index (χ3v) is 1.44. The quantitative estimate of drug-likeness (QED) is 0.428. The average Bonchev–Trinajstić information content (AvgIpc) is 2.05. The van der Waals surface area contributed by atoms with Crippen LogP contribution in [0, 0.1) is 0 Å². The predicted octanol–water partition coefficient (Wildman–Crippen LogP) is 2.84. The van der Waals surface area contributed by atoms with Gasteiger partial charge in [-0.3, -0.25) is 4.79 Å². The van der Waals surface area contributed by atoms with Crippen LogP contribution in [0.3, 0.4) is 0 Å². The second-order valence-electron chi connectivity index (χ2n) is 3.38. The van der Waals surface area contributed by atoms with E-state index in [0.29, 0.717) is 0 Å². The van der Waals surface area contributed by atoms with E-state index in [1.807, 2.05) is 13.8 Å². The van der Waals surface area contributed by atoms with E-state index in [-0.39, 0.29) is 0 Å². The Hall–Kier alpha value is -0.890. The molecule has 0 aliphatic rings. The summed E-state index contributed by atoms with van der Waals surface area (Å²) in [6, 6.07) is 0. The molecular formula is C12H23NO. The largest absolute Gasteiger partial charge is 0.331 e. The molecule has 0 aliphatic carbocycles. The summed E-state index contributed by atoms with van der Waals surface area (Å²) in [5.74, 6) is 0. The number of allylic oxidation sites excluding steroid dienone is 4. The van der Waals surface area contributed by atoms with Crippen LogP contribution in [0.15, 0.2) is 23.3 Å². The van der Waals surface area contributed by atoms with E-state index in [2.05, 4.69) is 19.9 Å². The maximum atomic E-state index is 10.0. The molecule has 0 saturated carbocycles. The Bertz CT molecular complexity index is 188. The zero-order valence-corrected chi connectivity index (χ0v) is 9.84. The first-order chi connectivity index (χ1) is 6.58. The van der Waals surface area contributed by atoms with Crippen LogP contribution in [0.4, 0.5) is 0 Å². The molecule has 2 N–H and O–H groups in total. The zero-order chi connectivity index (χ0) is 11.4. The molecule has 0 fully saturated rings. The molecule has 14 heavy (non-hydrogen) atoms. The second kappa shape index (κ2) is 12.1. The Morgan fingerprint density at radius 3 is 2.14 bits per heavy atom. The number of nitrogens with two attached hydrogens (primary N) is 1. The van der Waals surface area contributed by atoms with Crippen molar-refractivity contribution < 1.29 is 4.79 Å². The smallest absolute Gasteiger partial charge is 0.142 e. The highest BCUT2D eigenvalue weighted by molar-refractivity contribution is 5.65. The topological polar surface area (TPSA) is 43.1 Å². The van der Waals surface area contributed by atoms with Crippen LogP contribution >= 0.6 is 0 Å². The molecule has 0 aromatic rings. The molecule has 0 aromatic heterocycles. The summed E-state index contributed by atoms with van der Waals surface area (Å²) >= 11 is 0. The van der Waals surface area contributed by atoms with Crippen molar-refractivity contribution in [3.63, 3.8) is 0 Å². The van der Waals surface area contributed by atoms with Gasteiger partial charge in [-0.15, -0.1) is 0 Å². The Morgan fingerprint density at radius 1 is 1.29 bits per heavy atom. The average molecular weight is 197 g/mol. The molecule has 0 bridgehead atoms. The summed E-state index contributed by atoms with van der Waals surface area (Å²) in [5, 5.41) is 0. The molecule has 0 rings (SSSR count). The second-order valence-corrected chi connectivity index (χ2v) is 3.38. The van der Waals surface area contributed by atoms with Crippen molar-refractivity contribution in [2.45, 2.75) is 40.5 Å². The minimum Gasteiger partial charge on any atom is -0.331 e. The third kappa shape index (κ3) is 17.3. The van der Waals surface area contributed by atoms with Gasteiger partial charge in [0.1, 0.15) is 6.29 Å². The van der Waals surface area contributed by atoms with E-state index >= 15 is 0 Å². The summed E-state index contributed by atoms with van der Waals surface area (Å²) in [5.41, 5.74) is 7.33. The lowest BCUT2D eigenvalue weighted by Gasteiger charge is -1.94. The van der Waals surface area contributed by atoms with Crippen LogP contribution in [0.5, 0.6) is 0 Å². The van der Waals surface area contributed by atoms with Crippen LogP contribution in [0.2, 0.25) is 0 Å². The van der Waals surface area contributed by atoms with E-state index in [1.165, 1.54) is 5.57 Å². The third-order valence-electron chi connectivity index (χ3n) is 1.44. The lowest BCUT2D eigenvalue weighted by Crippen LogP contribution is -1.87. The molecule has 0 spiro atoms. The summed E-state index contributed by atoms with van der Waals surface area (Å²) in [6.45, 7) is 8.80. The molecule has 0 atom stereocenters. The molecule has 0 aromatic carbocycles. The van der Waals surface area contributed by atoms with Crippen LogP contribution < -0.4 is 5.73 Å². The standard InChI is InChI=1S/C10H16O.C2H7N/c1-9(2)5-4-6-10(3)7-8-11;1-2-3/h5,7-8H,4,6H2,1-3H3;2-3H2,1H3. The zero-order valence-electron chi connectivity index (χ0n) is 9.84. The fraction of sp³-hybridized carbons (Fsp3) is 0.583. The van der Waals surface area contributed by atoms with E-state index in [4.69, 9.17) is 5.73 Å². The molecule has 0 saturated heterocycles. The fourth-order valence-electron chi connectivity index (χ4n) is 0.788. The summed E-state index contributed by atoms with van der Waals surface area (Å²) in [4.78, 5) is 10.0. The van der Waals surface area contributed by atoms with Crippen LogP contribution in [-0.2, 0) is 4.79 Å². The highest BCUT2D eigenvalue weighted by atomic mass is 16.1. The first kappa shape index (κ1) is 15.6. The number of rotatable bonds is 4. The molecule has 82 valence electrons. The van der Waals surface area contributed by atoms with Gasteiger partial charge in [0.05, 0.1) is 0 Å². The number of carbonyl (C=O) groups excluding carboxylic acids is 1. The van der Waals surface area contributed by atoms with Crippen molar-refractivity contribution in [3.8, 4) is 0 Å². The van der Waals surface area contributed by atoms with Gasteiger partial charge in [-0.25, -0.2) is 0 Å². The van der Waals surface area contributed by atoms with Gasteiger partial charge < -0.3 is 5.73 Å². The van der Waals surface area contributed by atoms with E-state index < -0.39 is 0 Å². The van der Waals surface area contributed by atoms with Crippen molar-refractivity contribution in [1.82, 2.24) is 0 Å². The number of hydrogen-bond donors (Lipinski definition) is 1. The Morgan fingerprint density at radius 2 is 1.79 bits per heavy atom. The van der Waals surface area contributed by atoms with Crippen LogP contribution in [-0.4, -0.2) is 12.8 Å². The Kier molecular flexibility index (Phi) is 13.5. The molecule has 0 amide bonds. The Labute approximate surface area is 87.9 Å². The maximum absolute atomic E-state index is 10.0. The van der Waals surface area contributed by atoms with Gasteiger partial charge in [0.15, 0.2) is 0 Å². The van der Waals surface area contributed by atoms with Gasteiger partial charge >= 0.3 is 0 Å². The van der Waals surface area contributed by atoms with Crippen molar-refractivity contribution in [3.05, 3.63) is 23.3 Å². The monoisotopic (exact) mass is 197 g/mol. The van der Waals surface area contributed by atoms with Gasteiger partial charge in [0, 0.05) is 0 Å². The van der Waals surface area contributed by atoms with E-state index in [9.17, 15) is 4.79 Å². The molecule has 0 unspecified atom stereocenters. The highest BCUT2D eigenvalue weighted by Crippen LogP contribution is 2.05. The molecular weight excluding hydrogens is 174 g/mol. The van der Waals surface area contributed by atoms with Gasteiger partial charge in [-0.2, -0.15) is 0 Å². The SMILES string of the molecule is CC(C)=CCCC(C)=CC=O.CCN. The lowest BCUT2D eigenvalue weighted by atomic mass is 10.1. The van der Waals surface area contributed by atoms with Crippen LogP contribution in [0.25, 0.3) is 0 Å². The summed E-state index contributed by atoms with van der Waals surface area (Å²) in [6.07, 6.45) is 6.68.